The van der Waals surface area contributed by atoms with E-state index in [1.54, 1.807) is 0 Å². The third-order valence-corrected chi connectivity index (χ3v) is 1.94. The fraction of sp³-hybridized carbons (Fsp3) is 0.714. The molecule has 12 heavy (non-hydrogen) atoms. The van der Waals surface area contributed by atoms with E-state index in [-0.39, 0.29) is 12.2 Å². The standard InChI is InChI=1S/C7H12F2N2O/c1-5(12-2)6-3-7(8,9)4-11(6)10/h6H,1,3-4,10H2,2H3. The molecule has 0 aromatic rings. The normalized spacial score (nSPS) is 28.8. The molecule has 5 heteroatoms. The first-order valence-corrected chi connectivity index (χ1v) is 3.58. The molecule has 1 rings (SSSR count). The third kappa shape index (κ3) is 1.73. The molecule has 0 aromatic heterocycles. The third-order valence-electron chi connectivity index (χ3n) is 1.94. The predicted molar refractivity (Wildman–Crippen MR) is 40.4 cm³/mol. The number of ether oxygens (including phenoxy) is 1. The monoisotopic (exact) mass is 178 g/mol. The lowest BCUT2D eigenvalue weighted by Crippen LogP contribution is -2.38. The molecular weight excluding hydrogens is 166 g/mol. The maximum absolute atomic E-state index is 12.7. The second-order valence-corrected chi connectivity index (χ2v) is 2.92. The summed E-state index contributed by atoms with van der Waals surface area (Å²) in [6, 6.07) is -0.565. The van der Waals surface area contributed by atoms with Crippen LogP contribution in [0.2, 0.25) is 0 Å². The number of halogens is 2. The summed E-state index contributed by atoms with van der Waals surface area (Å²) >= 11 is 0. The van der Waals surface area contributed by atoms with E-state index in [1.165, 1.54) is 7.11 Å². The lowest BCUT2D eigenvalue weighted by Gasteiger charge is -2.18. The van der Waals surface area contributed by atoms with Gasteiger partial charge in [0.2, 0.25) is 0 Å². The molecule has 1 fully saturated rings. The molecule has 3 nitrogen and oxygen atoms in total. The van der Waals surface area contributed by atoms with Gasteiger partial charge in [0.25, 0.3) is 5.92 Å². The molecular formula is C7H12F2N2O. The fourth-order valence-electron chi connectivity index (χ4n) is 1.28. The second kappa shape index (κ2) is 2.99. The Bertz CT molecular complexity index is 196. The van der Waals surface area contributed by atoms with E-state index in [4.69, 9.17) is 10.6 Å². The van der Waals surface area contributed by atoms with Crippen LogP contribution in [0.25, 0.3) is 0 Å². The average Bonchev–Trinajstić information content (AvgIpc) is 2.23. The van der Waals surface area contributed by atoms with E-state index in [1.807, 2.05) is 0 Å². The first-order chi connectivity index (χ1) is 5.46. The van der Waals surface area contributed by atoms with Gasteiger partial charge in [0.05, 0.1) is 19.7 Å². The van der Waals surface area contributed by atoms with Crippen molar-refractivity contribution in [2.45, 2.75) is 18.4 Å². The Morgan fingerprint density at radius 2 is 2.33 bits per heavy atom. The Balaban J connectivity index is 2.64. The molecule has 1 unspecified atom stereocenters. The number of alkyl halides is 2. The Kier molecular flexibility index (Phi) is 2.34. The first-order valence-electron chi connectivity index (χ1n) is 3.58. The zero-order chi connectivity index (χ0) is 9.35. The lowest BCUT2D eigenvalue weighted by atomic mass is 10.2. The topological polar surface area (TPSA) is 38.5 Å². The summed E-state index contributed by atoms with van der Waals surface area (Å²) < 4.78 is 30.2. The van der Waals surface area contributed by atoms with Crippen LogP contribution in [0.3, 0.4) is 0 Å². The van der Waals surface area contributed by atoms with Crippen LogP contribution in [0, 0.1) is 0 Å². The van der Waals surface area contributed by atoms with Crippen LogP contribution in [0.1, 0.15) is 6.42 Å². The SMILES string of the molecule is C=C(OC)C1CC(F)(F)CN1N. The van der Waals surface area contributed by atoms with Crippen LogP contribution in [0.4, 0.5) is 8.78 Å². The van der Waals surface area contributed by atoms with Crippen molar-refractivity contribution < 1.29 is 13.5 Å². The van der Waals surface area contributed by atoms with Crippen LogP contribution in [0.15, 0.2) is 12.3 Å². The highest BCUT2D eigenvalue weighted by atomic mass is 19.3. The van der Waals surface area contributed by atoms with Gasteiger partial charge in [-0.1, -0.05) is 6.58 Å². The molecule has 0 aromatic carbocycles. The van der Waals surface area contributed by atoms with Crippen molar-refractivity contribution in [3.8, 4) is 0 Å². The number of hydrogen-bond acceptors (Lipinski definition) is 3. The summed E-state index contributed by atoms with van der Waals surface area (Å²) in [6.07, 6.45) is -0.309. The van der Waals surface area contributed by atoms with Crippen LogP contribution in [-0.4, -0.2) is 30.6 Å². The highest BCUT2D eigenvalue weighted by Crippen LogP contribution is 2.32. The summed E-state index contributed by atoms with van der Waals surface area (Å²) in [5.74, 6) is 2.91. The van der Waals surface area contributed by atoms with Gasteiger partial charge in [-0.05, 0) is 0 Å². The van der Waals surface area contributed by atoms with Crippen molar-refractivity contribution in [1.29, 1.82) is 0 Å². The maximum atomic E-state index is 12.7. The van der Waals surface area contributed by atoms with Gasteiger partial charge in [0.15, 0.2) is 0 Å². The summed E-state index contributed by atoms with van der Waals surface area (Å²) in [4.78, 5) is 0. The van der Waals surface area contributed by atoms with Gasteiger partial charge in [-0.3, -0.25) is 5.84 Å². The van der Waals surface area contributed by atoms with E-state index in [2.05, 4.69) is 6.58 Å². The lowest BCUT2D eigenvalue weighted by molar-refractivity contribution is 0.0119. The second-order valence-electron chi connectivity index (χ2n) is 2.92. The molecule has 0 amide bonds. The Morgan fingerprint density at radius 3 is 2.67 bits per heavy atom. The Labute approximate surface area is 69.7 Å². The molecule has 0 bridgehead atoms. The quantitative estimate of drug-likeness (QED) is 0.500. The molecule has 0 saturated carbocycles. The molecule has 1 atom stereocenters. The minimum absolute atomic E-state index is 0.287. The largest absolute Gasteiger partial charge is 0.500 e. The molecule has 0 aliphatic carbocycles. The van der Waals surface area contributed by atoms with Crippen molar-refractivity contribution in [3.05, 3.63) is 12.3 Å². The van der Waals surface area contributed by atoms with Crippen LogP contribution >= 0.6 is 0 Å². The minimum Gasteiger partial charge on any atom is -0.500 e. The predicted octanol–water partition coefficient (Wildman–Crippen LogP) is 0.730. The fourth-order valence-corrected chi connectivity index (χ4v) is 1.28. The Morgan fingerprint density at radius 1 is 1.75 bits per heavy atom. The molecule has 0 spiro atoms. The van der Waals surface area contributed by atoms with Gasteiger partial charge in [0, 0.05) is 6.42 Å². The zero-order valence-corrected chi connectivity index (χ0v) is 6.89. The summed E-state index contributed by atoms with van der Waals surface area (Å²) in [7, 11) is 1.40. The molecule has 1 aliphatic rings. The highest BCUT2D eigenvalue weighted by Gasteiger charge is 2.45. The van der Waals surface area contributed by atoms with Crippen molar-refractivity contribution in [2.24, 2.45) is 5.84 Å². The number of hydrazine groups is 1. The van der Waals surface area contributed by atoms with E-state index in [0.29, 0.717) is 0 Å². The van der Waals surface area contributed by atoms with Gasteiger partial charge in [0.1, 0.15) is 5.76 Å². The van der Waals surface area contributed by atoms with Crippen molar-refractivity contribution in [1.82, 2.24) is 5.01 Å². The molecule has 70 valence electrons. The van der Waals surface area contributed by atoms with E-state index < -0.39 is 18.5 Å². The number of nitrogens with zero attached hydrogens (tertiary/aromatic N) is 1. The summed E-state index contributed by atoms with van der Waals surface area (Å²) in [6.45, 7) is 3.06. The van der Waals surface area contributed by atoms with Crippen molar-refractivity contribution >= 4 is 0 Å². The molecule has 1 heterocycles. The van der Waals surface area contributed by atoms with Gasteiger partial charge >= 0.3 is 0 Å². The molecule has 0 radical (unpaired) electrons. The van der Waals surface area contributed by atoms with E-state index >= 15 is 0 Å². The van der Waals surface area contributed by atoms with Crippen LogP contribution in [-0.2, 0) is 4.74 Å². The highest BCUT2D eigenvalue weighted by molar-refractivity contribution is 5.04. The van der Waals surface area contributed by atoms with Crippen LogP contribution < -0.4 is 5.84 Å². The van der Waals surface area contributed by atoms with Crippen LogP contribution in [0.5, 0.6) is 0 Å². The Hall–Kier alpha value is -0.680. The van der Waals surface area contributed by atoms with E-state index in [9.17, 15) is 8.78 Å². The maximum Gasteiger partial charge on any atom is 0.263 e. The summed E-state index contributed by atoms with van der Waals surface area (Å²) in [5, 5.41) is 1.06. The van der Waals surface area contributed by atoms with Crippen molar-refractivity contribution in [3.63, 3.8) is 0 Å². The summed E-state index contributed by atoms with van der Waals surface area (Å²) in [5.41, 5.74) is 0. The van der Waals surface area contributed by atoms with Gasteiger partial charge in [-0.25, -0.2) is 13.8 Å². The number of hydrogen-bond donors (Lipinski definition) is 1. The molecule has 1 aliphatic heterocycles. The van der Waals surface area contributed by atoms with Gasteiger partial charge in [-0.15, -0.1) is 0 Å². The molecule has 1 saturated heterocycles. The van der Waals surface area contributed by atoms with Gasteiger partial charge in [-0.2, -0.15) is 0 Å². The first kappa shape index (κ1) is 9.41. The average molecular weight is 178 g/mol. The van der Waals surface area contributed by atoms with Crippen molar-refractivity contribution in [2.75, 3.05) is 13.7 Å². The number of methoxy groups -OCH3 is 1. The molecule has 2 N–H and O–H groups in total. The number of rotatable bonds is 2. The van der Waals surface area contributed by atoms with E-state index in [0.717, 1.165) is 5.01 Å². The smallest absolute Gasteiger partial charge is 0.263 e. The number of nitrogens with two attached hydrogens (primary N) is 1. The zero-order valence-electron chi connectivity index (χ0n) is 6.89. The minimum atomic E-state index is -2.72. The van der Waals surface area contributed by atoms with Gasteiger partial charge < -0.3 is 4.74 Å².